The Labute approximate surface area is 97.8 Å². The van der Waals surface area contributed by atoms with Gasteiger partial charge in [0.25, 0.3) is 0 Å². The van der Waals surface area contributed by atoms with Gasteiger partial charge in [0.1, 0.15) is 0 Å². The SMILES string of the molecule is COCCONCc1c(Br)c(C)nn1C. The number of methoxy groups -OCH3 is 1. The smallest absolute Gasteiger partial charge is 0.0916 e. The molecular formula is C9H16BrN3O2. The van der Waals surface area contributed by atoms with Crippen molar-refractivity contribution in [2.75, 3.05) is 20.3 Å². The van der Waals surface area contributed by atoms with Crippen LogP contribution in [0.2, 0.25) is 0 Å². The average molecular weight is 278 g/mol. The molecule has 0 bridgehead atoms. The number of rotatable bonds is 6. The predicted octanol–water partition coefficient (Wildman–Crippen LogP) is 1.16. The molecule has 15 heavy (non-hydrogen) atoms. The third kappa shape index (κ3) is 3.57. The van der Waals surface area contributed by atoms with E-state index in [9.17, 15) is 0 Å². The van der Waals surface area contributed by atoms with E-state index >= 15 is 0 Å². The molecule has 0 spiro atoms. The number of nitrogens with one attached hydrogen (secondary N) is 1. The minimum atomic E-state index is 0.533. The van der Waals surface area contributed by atoms with Crippen LogP contribution in [0.25, 0.3) is 0 Å². The normalized spacial score (nSPS) is 10.9. The third-order valence-electron chi connectivity index (χ3n) is 1.99. The lowest BCUT2D eigenvalue weighted by molar-refractivity contribution is 0.00249. The second-order valence-electron chi connectivity index (χ2n) is 3.13. The van der Waals surface area contributed by atoms with Gasteiger partial charge in [0.2, 0.25) is 0 Å². The Morgan fingerprint density at radius 3 is 2.73 bits per heavy atom. The zero-order valence-corrected chi connectivity index (χ0v) is 10.8. The Kier molecular flexibility index (Phi) is 5.24. The Hall–Kier alpha value is -0.430. The van der Waals surface area contributed by atoms with Crippen molar-refractivity contribution in [3.8, 4) is 0 Å². The van der Waals surface area contributed by atoms with Crippen molar-refractivity contribution in [1.82, 2.24) is 15.3 Å². The Morgan fingerprint density at radius 2 is 2.20 bits per heavy atom. The van der Waals surface area contributed by atoms with Gasteiger partial charge in [0.05, 0.1) is 35.6 Å². The highest BCUT2D eigenvalue weighted by atomic mass is 79.9. The number of hydrogen-bond acceptors (Lipinski definition) is 4. The number of nitrogens with zero attached hydrogens (tertiary/aromatic N) is 2. The van der Waals surface area contributed by atoms with Crippen LogP contribution < -0.4 is 5.48 Å². The molecule has 0 radical (unpaired) electrons. The van der Waals surface area contributed by atoms with Gasteiger partial charge in [0, 0.05) is 14.2 Å². The molecule has 0 unspecified atom stereocenters. The fourth-order valence-corrected chi connectivity index (χ4v) is 1.66. The molecule has 86 valence electrons. The second kappa shape index (κ2) is 6.22. The van der Waals surface area contributed by atoms with E-state index in [-0.39, 0.29) is 0 Å². The fraction of sp³-hybridized carbons (Fsp3) is 0.667. The Balaban J connectivity index is 2.37. The van der Waals surface area contributed by atoms with Gasteiger partial charge in [-0.1, -0.05) is 0 Å². The van der Waals surface area contributed by atoms with E-state index in [0.717, 1.165) is 15.9 Å². The van der Waals surface area contributed by atoms with Crippen molar-refractivity contribution in [3.63, 3.8) is 0 Å². The fourth-order valence-electron chi connectivity index (χ4n) is 1.19. The van der Waals surface area contributed by atoms with Gasteiger partial charge >= 0.3 is 0 Å². The molecule has 0 saturated carbocycles. The summed E-state index contributed by atoms with van der Waals surface area (Å²) >= 11 is 3.48. The van der Waals surface area contributed by atoms with Gasteiger partial charge in [-0.2, -0.15) is 10.6 Å². The molecule has 0 aromatic carbocycles. The van der Waals surface area contributed by atoms with E-state index in [4.69, 9.17) is 9.57 Å². The molecule has 0 aliphatic rings. The summed E-state index contributed by atoms with van der Waals surface area (Å²) in [6.45, 7) is 3.69. The summed E-state index contributed by atoms with van der Waals surface area (Å²) in [6, 6.07) is 0. The predicted molar refractivity (Wildman–Crippen MR) is 60.3 cm³/mol. The van der Waals surface area contributed by atoms with Gasteiger partial charge in [-0.3, -0.25) is 9.52 Å². The van der Waals surface area contributed by atoms with Crippen molar-refractivity contribution in [3.05, 3.63) is 15.9 Å². The molecule has 0 atom stereocenters. The van der Waals surface area contributed by atoms with Gasteiger partial charge in [-0.15, -0.1) is 0 Å². The Bertz CT molecular complexity index is 315. The maximum absolute atomic E-state index is 5.16. The first kappa shape index (κ1) is 12.6. The number of halogens is 1. The van der Waals surface area contributed by atoms with E-state index < -0.39 is 0 Å². The average Bonchev–Trinajstić information content (AvgIpc) is 2.44. The van der Waals surface area contributed by atoms with Crippen LogP contribution in [0.5, 0.6) is 0 Å². The van der Waals surface area contributed by atoms with Crippen LogP contribution in [0.3, 0.4) is 0 Å². The highest BCUT2D eigenvalue weighted by Gasteiger charge is 2.09. The lowest BCUT2D eigenvalue weighted by atomic mass is 10.4. The van der Waals surface area contributed by atoms with Crippen LogP contribution >= 0.6 is 15.9 Å². The molecule has 0 saturated heterocycles. The summed E-state index contributed by atoms with van der Waals surface area (Å²) in [7, 11) is 3.55. The molecule has 1 heterocycles. The van der Waals surface area contributed by atoms with Crippen molar-refractivity contribution < 1.29 is 9.57 Å². The van der Waals surface area contributed by atoms with Gasteiger partial charge < -0.3 is 4.74 Å². The minimum absolute atomic E-state index is 0.533. The minimum Gasteiger partial charge on any atom is -0.382 e. The first-order valence-electron chi connectivity index (χ1n) is 4.68. The summed E-state index contributed by atoms with van der Waals surface area (Å²) in [5, 5.41) is 4.28. The monoisotopic (exact) mass is 277 g/mol. The zero-order chi connectivity index (χ0) is 11.3. The maximum Gasteiger partial charge on any atom is 0.0916 e. The molecule has 5 nitrogen and oxygen atoms in total. The topological polar surface area (TPSA) is 48.3 Å². The quantitative estimate of drug-likeness (QED) is 0.626. The molecular weight excluding hydrogens is 262 g/mol. The van der Waals surface area contributed by atoms with Crippen LogP contribution in [0.4, 0.5) is 0 Å². The molecule has 6 heteroatoms. The number of aromatic nitrogens is 2. The standard InChI is InChI=1S/C9H16BrN3O2/c1-7-9(10)8(13(2)12-7)6-11-15-5-4-14-3/h11H,4-6H2,1-3H3. The van der Waals surface area contributed by atoms with E-state index in [1.54, 1.807) is 7.11 Å². The molecule has 1 N–H and O–H groups in total. The number of hydrogen-bond donors (Lipinski definition) is 1. The number of hydroxylamine groups is 1. The van der Waals surface area contributed by atoms with E-state index in [2.05, 4.69) is 26.5 Å². The van der Waals surface area contributed by atoms with Crippen LogP contribution in [-0.4, -0.2) is 30.1 Å². The Morgan fingerprint density at radius 1 is 1.47 bits per heavy atom. The maximum atomic E-state index is 5.16. The first-order valence-corrected chi connectivity index (χ1v) is 5.47. The molecule has 0 aliphatic heterocycles. The van der Waals surface area contributed by atoms with Crippen LogP contribution in [0, 0.1) is 6.92 Å². The molecule has 0 aliphatic carbocycles. The first-order chi connectivity index (χ1) is 7.16. The number of ether oxygens (including phenoxy) is 1. The van der Waals surface area contributed by atoms with Crippen LogP contribution in [0.1, 0.15) is 11.4 Å². The summed E-state index contributed by atoms with van der Waals surface area (Å²) in [5.41, 5.74) is 4.90. The highest BCUT2D eigenvalue weighted by molar-refractivity contribution is 9.10. The van der Waals surface area contributed by atoms with Gasteiger partial charge in [-0.25, -0.2) is 0 Å². The van der Waals surface area contributed by atoms with Crippen molar-refractivity contribution in [1.29, 1.82) is 0 Å². The molecule has 1 aromatic rings. The highest BCUT2D eigenvalue weighted by Crippen LogP contribution is 2.19. The summed E-state index contributed by atoms with van der Waals surface area (Å²) in [5.74, 6) is 0. The second-order valence-corrected chi connectivity index (χ2v) is 3.93. The summed E-state index contributed by atoms with van der Waals surface area (Å²) < 4.78 is 7.70. The number of aryl methyl sites for hydroxylation is 2. The molecule has 0 fully saturated rings. The molecule has 1 rings (SSSR count). The van der Waals surface area contributed by atoms with Crippen LogP contribution in [0.15, 0.2) is 4.47 Å². The largest absolute Gasteiger partial charge is 0.382 e. The zero-order valence-electron chi connectivity index (χ0n) is 9.21. The van der Waals surface area contributed by atoms with Crippen molar-refractivity contribution in [2.24, 2.45) is 7.05 Å². The van der Waals surface area contributed by atoms with E-state index in [1.807, 2.05) is 18.7 Å². The van der Waals surface area contributed by atoms with Crippen LogP contribution in [-0.2, 0) is 23.2 Å². The molecule has 1 aromatic heterocycles. The van der Waals surface area contributed by atoms with Crippen molar-refractivity contribution >= 4 is 15.9 Å². The lowest BCUT2D eigenvalue weighted by Gasteiger charge is -2.06. The third-order valence-corrected chi connectivity index (χ3v) is 3.02. The van der Waals surface area contributed by atoms with E-state index in [1.165, 1.54) is 0 Å². The van der Waals surface area contributed by atoms with Crippen molar-refractivity contribution in [2.45, 2.75) is 13.5 Å². The molecule has 0 amide bonds. The summed E-state index contributed by atoms with van der Waals surface area (Å²) in [4.78, 5) is 5.16. The van der Waals surface area contributed by atoms with Gasteiger partial charge in [0.15, 0.2) is 0 Å². The lowest BCUT2D eigenvalue weighted by Crippen LogP contribution is -2.19. The summed E-state index contributed by atoms with van der Waals surface area (Å²) in [6.07, 6.45) is 0. The van der Waals surface area contributed by atoms with Gasteiger partial charge in [-0.05, 0) is 22.9 Å². The van der Waals surface area contributed by atoms with E-state index in [0.29, 0.717) is 19.8 Å².